The molecule has 0 amide bonds. The standard InChI is InChI=1S/C10H9ClOS/c1-12-8-2-3-9-7(5-11)6-13-10(9)4-8/h2-4,6H,5H2,1H3. The van der Waals surface area contributed by atoms with Crippen molar-refractivity contribution in [3.63, 3.8) is 0 Å². The summed E-state index contributed by atoms with van der Waals surface area (Å²) in [5.74, 6) is 1.47. The summed E-state index contributed by atoms with van der Waals surface area (Å²) >= 11 is 7.50. The van der Waals surface area contributed by atoms with Gasteiger partial charge in [0.05, 0.1) is 7.11 Å². The van der Waals surface area contributed by atoms with E-state index in [-0.39, 0.29) is 0 Å². The quantitative estimate of drug-likeness (QED) is 0.691. The Morgan fingerprint density at radius 2 is 2.31 bits per heavy atom. The molecular weight excluding hydrogens is 204 g/mol. The molecule has 1 aromatic carbocycles. The number of benzene rings is 1. The monoisotopic (exact) mass is 212 g/mol. The van der Waals surface area contributed by atoms with E-state index in [0.29, 0.717) is 5.88 Å². The maximum atomic E-state index is 5.80. The molecule has 2 rings (SSSR count). The molecule has 0 radical (unpaired) electrons. The Bertz CT molecular complexity index is 422. The molecule has 13 heavy (non-hydrogen) atoms. The molecule has 0 aliphatic carbocycles. The highest BCUT2D eigenvalue weighted by atomic mass is 35.5. The maximum absolute atomic E-state index is 5.80. The third kappa shape index (κ3) is 1.52. The second-order valence-electron chi connectivity index (χ2n) is 2.76. The molecule has 0 spiro atoms. The average molecular weight is 213 g/mol. The van der Waals surface area contributed by atoms with E-state index in [4.69, 9.17) is 16.3 Å². The van der Waals surface area contributed by atoms with E-state index in [1.807, 2.05) is 12.1 Å². The number of alkyl halides is 1. The van der Waals surface area contributed by atoms with Gasteiger partial charge in [-0.2, -0.15) is 0 Å². The van der Waals surface area contributed by atoms with E-state index in [1.165, 1.54) is 15.6 Å². The van der Waals surface area contributed by atoms with Crippen LogP contribution in [0.5, 0.6) is 5.75 Å². The molecule has 1 aromatic heterocycles. The number of ether oxygens (including phenoxy) is 1. The van der Waals surface area contributed by atoms with Crippen LogP contribution in [0.2, 0.25) is 0 Å². The lowest BCUT2D eigenvalue weighted by Crippen LogP contribution is -1.80. The van der Waals surface area contributed by atoms with Crippen LogP contribution in [0, 0.1) is 0 Å². The van der Waals surface area contributed by atoms with E-state index >= 15 is 0 Å². The van der Waals surface area contributed by atoms with Gasteiger partial charge in [0.25, 0.3) is 0 Å². The Morgan fingerprint density at radius 1 is 1.46 bits per heavy atom. The molecule has 0 aliphatic rings. The van der Waals surface area contributed by atoms with Gasteiger partial charge < -0.3 is 4.74 Å². The van der Waals surface area contributed by atoms with Crippen LogP contribution in [-0.4, -0.2) is 7.11 Å². The van der Waals surface area contributed by atoms with Crippen LogP contribution in [0.4, 0.5) is 0 Å². The number of rotatable bonds is 2. The van der Waals surface area contributed by atoms with Crippen molar-refractivity contribution < 1.29 is 4.74 Å². The Morgan fingerprint density at radius 3 is 3.00 bits per heavy atom. The summed E-state index contributed by atoms with van der Waals surface area (Å²) in [5, 5.41) is 3.33. The van der Waals surface area contributed by atoms with E-state index in [9.17, 15) is 0 Å². The molecule has 3 heteroatoms. The smallest absolute Gasteiger partial charge is 0.120 e. The number of fused-ring (bicyclic) bond motifs is 1. The highest BCUT2D eigenvalue weighted by molar-refractivity contribution is 7.17. The highest BCUT2D eigenvalue weighted by Crippen LogP contribution is 2.30. The van der Waals surface area contributed by atoms with Gasteiger partial charge in [0.2, 0.25) is 0 Å². The summed E-state index contributed by atoms with van der Waals surface area (Å²) in [4.78, 5) is 0. The molecule has 0 saturated carbocycles. The minimum Gasteiger partial charge on any atom is -0.497 e. The van der Waals surface area contributed by atoms with Gasteiger partial charge in [-0.05, 0) is 34.5 Å². The van der Waals surface area contributed by atoms with Gasteiger partial charge in [-0.1, -0.05) is 0 Å². The highest BCUT2D eigenvalue weighted by Gasteiger charge is 2.03. The molecule has 0 bridgehead atoms. The maximum Gasteiger partial charge on any atom is 0.120 e. The van der Waals surface area contributed by atoms with Crippen molar-refractivity contribution in [3.05, 3.63) is 29.1 Å². The fourth-order valence-electron chi connectivity index (χ4n) is 1.29. The zero-order valence-corrected chi connectivity index (χ0v) is 8.78. The molecule has 68 valence electrons. The zero-order valence-electron chi connectivity index (χ0n) is 7.21. The Kier molecular flexibility index (Phi) is 2.42. The van der Waals surface area contributed by atoms with E-state index in [2.05, 4.69) is 11.4 Å². The van der Waals surface area contributed by atoms with Crippen LogP contribution in [0.3, 0.4) is 0 Å². The van der Waals surface area contributed by atoms with Crippen molar-refractivity contribution in [2.75, 3.05) is 7.11 Å². The zero-order chi connectivity index (χ0) is 9.26. The lowest BCUT2D eigenvalue weighted by atomic mass is 10.2. The molecule has 1 nitrogen and oxygen atoms in total. The summed E-state index contributed by atoms with van der Waals surface area (Å²) in [5.41, 5.74) is 1.20. The Hall–Kier alpha value is -0.730. The topological polar surface area (TPSA) is 9.23 Å². The number of thiophene rings is 1. The summed E-state index contributed by atoms with van der Waals surface area (Å²) < 4.78 is 6.37. The van der Waals surface area contributed by atoms with Crippen LogP contribution in [0.25, 0.3) is 10.1 Å². The van der Waals surface area contributed by atoms with Crippen LogP contribution in [0.1, 0.15) is 5.56 Å². The molecule has 0 N–H and O–H groups in total. The summed E-state index contributed by atoms with van der Waals surface area (Å²) in [6, 6.07) is 6.06. The lowest BCUT2D eigenvalue weighted by Gasteiger charge is -1.98. The lowest BCUT2D eigenvalue weighted by molar-refractivity contribution is 0.415. The first-order chi connectivity index (χ1) is 6.35. The third-order valence-corrected chi connectivity index (χ3v) is 3.29. The third-order valence-electron chi connectivity index (χ3n) is 2.01. The normalized spacial score (nSPS) is 10.6. The van der Waals surface area contributed by atoms with Gasteiger partial charge in [0, 0.05) is 10.6 Å². The predicted molar refractivity (Wildman–Crippen MR) is 57.9 cm³/mol. The molecule has 0 saturated heterocycles. The molecule has 0 unspecified atom stereocenters. The largest absolute Gasteiger partial charge is 0.497 e. The SMILES string of the molecule is COc1ccc2c(CCl)csc2c1. The van der Waals surface area contributed by atoms with Gasteiger partial charge in [-0.15, -0.1) is 22.9 Å². The first kappa shape index (κ1) is 8.85. The number of hydrogen-bond acceptors (Lipinski definition) is 2. The van der Waals surface area contributed by atoms with Gasteiger partial charge >= 0.3 is 0 Å². The van der Waals surface area contributed by atoms with Gasteiger partial charge in [-0.3, -0.25) is 0 Å². The Balaban J connectivity index is 2.61. The van der Waals surface area contributed by atoms with Crippen molar-refractivity contribution in [1.29, 1.82) is 0 Å². The van der Waals surface area contributed by atoms with Crippen LogP contribution < -0.4 is 4.74 Å². The van der Waals surface area contributed by atoms with Crippen LogP contribution in [-0.2, 0) is 5.88 Å². The van der Waals surface area contributed by atoms with Crippen molar-refractivity contribution in [1.82, 2.24) is 0 Å². The fraction of sp³-hybridized carbons (Fsp3) is 0.200. The van der Waals surface area contributed by atoms with Crippen LogP contribution in [0.15, 0.2) is 23.6 Å². The minimum absolute atomic E-state index is 0.576. The molecule has 1 heterocycles. The van der Waals surface area contributed by atoms with Crippen LogP contribution >= 0.6 is 22.9 Å². The molecule has 0 aliphatic heterocycles. The van der Waals surface area contributed by atoms with Crippen molar-refractivity contribution in [2.45, 2.75) is 5.88 Å². The van der Waals surface area contributed by atoms with E-state index in [0.717, 1.165) is 5.75 Å². The second kappa shape index (κ2) is 3.56. The first-order valence-corrected chi connectivity index (χ1v) is 5.36. The van der Waals surface area contributed by atoms with Crippen molar-refractivity contribution in [2.24, 2.45) is 0 Å². The van der Waals surface area contributed by atoms with Gasteiger partial charge in [0.1, 0.15) is 5.75 Å². The second-order valence-corrected chi connectivity index (χ2v) is 3.94. The van der Waals surface area contributed by atoms with E-state index in [1.54, 1.807) is 18.4 Å². The fourth-order valence-corrected chi connectivity index (χ4v) is 2.60. The minimum atomic E-state index is 0.576. The summed E-state index contributed by atoms with van der Waals surface area (Å²) in [6.45, 7) is 0. The predicted octanol–water partition coefficient (Wildman–Crippen LogP) is 3.65. The van der Waals surface area contributed by atoms with Crippen molar-refractivity contribution in [3.8, 4) is 5.75 Å². The van der Waals surface area contributed by atoms with E-state index < -0.39 is 0 Å². The number of hydrogen-bond donors (Lipinski definition) is 0. The summed E-state index contributed by atoms with van der Waals surface area (Å²) in [7, 11) is 1.68. The van der Waals surface area contributed by atoms with Gasteiger partial charge in [0.15, 0.2) is 0 Å². The summed E-state index contributed by atoms with van der Waals surface area (Å²) in [6.07, 6.45) is 0. The number of methoxy groups -OCH3 is 1. The molecule has 0 fully saturated rings. The molecular formula is C10H9ClOS. The van der Waals surface area contributed by atoms with Crippen molar-refractivity contribution >= 4 is 33.0 Å². The molecule has 0 atom stereocenters. The Labute approximate surface area is 85.9 Å². The molecule has 2 aromatic rings. The number of halogens is 1. The first-order valence-electron chi connectivity index (χ1n) is 3.95. The van der Waals surface area contributed by atoms with Gasteiger partial charge in [-0.25, -0.2) is 0 Å². The average Bonchev–Trinajstić information content (AvgIpc) is 2.59.